The average molecular weight is 329 g/mol. The minimum Gasteiger partial charge on any atom is -0.352 e. The van der Waals surface area contributed by atoms with Crippen LogP contribution in [-0.4, -0.2) is 39.9 Å². The minimum absolute atomic E-state index is 0.0340. The minimum atomic E-state index is -0.0340. The third kappa shape index (κ3) is 3.82. The monoisotopic (exact) mass is 329 g/mol. The molecule has 0 unspecified atom stereocenters. The number of benzene rings is 1. The lowest BCUT2D eigenvalue weighted by Crippen LogP contribution is -2.30. The largest absolute Gasteiger partial charge is 0.352 e. The molecule has 0 aliphatic carbocycles. The highest BCUT2D eigenvalue weighted by atomic mass is 32.2. The van der Waals surface area contributed by atoms with Crippen LogP contribution in [0.15, 0.2) is 30.3 Å². The van der Waals surface area contributed by atoms with Crippen LogP contribution < -0.4 is 5.32 Å². The first-order chi connectivity index (χ1) is 11.1. The lowest BCUT2D eigenvalue weighted by molar-refractivity contribution is -0.121. The zero-order valence-corrected chi connectivity index (χ0v) is 13.9. The van der Waals surface area contributed by atoms with E-state index in [-0.39, 0.29) is 11.1 Å². The summed E-state index contributed by atoms with van der Waals surface area (Å²) < 4.78 is 0. The van der Waals surface area contributed by atoms with Crippen molar-refractivity contribution in [3.8, 4) is 0 Å². The predicted molar refractivity (Wildman–Crippen MR) is 92.4 cm³/mol. The number of amides is 2. The standard InChI is InChI=1S/C17H19N3O2S/c1-12-10-13(14-4-2-3-5-15(14)19-12)11-18-16(21)6-7-20-8-9-23-17(20)22/h2-5,10H,6-9,11H2,1H3,(H,18,21). The van der Waals surface area contributed by atoms with Crippen molar-refractivity contribution in [2.45, 2.75) is 19.9 Å². The summed E-state index contributed by atoms with van der Waals surface area (Å²) >= 11 is 1.32. The molecule has 1 aliphatic heterocycles. The Hall–Kier alpha value is -2.08. The summed E-state index contributed by atoms with van der Waals surface area (Å²) in [4.78, 5) is 29.8. The Morgan fingerprint density at radius 1 is 1.39 bits per heavy atom. The Balaban J connectivity index is 1.59. The van der Waals surface area contributed by atoms with Crippen molar-refractivity contribution in [2.75, 3.05) is 18.8 Å². The zero-order valence-electron chi connectivity index (χ0n) is 13.0. The summed E-state index contributed by atoms with van der Waals surface area (Å²) in [6.07, 6.45) is 0.342. The lowest BCUT2D eigenvalue weighted by atomic mass is 10.1. The highest BCUT2D eigenvalue weighted by Crippen LogP contribution is 2.19. The van der Waals surface area contributed by atoms with Gasteiger partial charge in [-0.1, -0.05) is 30.0 Å². The van der Waals surface area contributed by atoms with Crippen molar-refractivity contribution in [3.05, 3.63) is 41.6 Å². The molecule has 0 spiro atoms. The summed E-state index contributed by atoms with van der Waals surface area (Å²) in [5, 5.41) is 4.08. The zero-order chi connectivity index (χ0) is 16.2. The molecule has 1 aliphatic rings. The summed E-state index contributed by atoms with van der Waals surface area (Å²) in [7, 11) is 0. The van der Waals surface area contributed by atoms with Gasteiger partial charge in [0.2, 0.25) is 5.91 Å². The molecule has 0 saturated carbocycles. The lowest BCUT2D eigenvalue weighted by Gasteiger charge is -2.14. The van der Waals surface area contributed by atoms with Crippen LogP contribution in [0.4, 0.5) is 4.79 Å². The van der Waals surface area contributed by atoms with Crippen LogP contribution in [0.2, 0.25) is 0 Å². The van der Waals surface area contributed by atoms with E-state index in [9.17, 15) is 9.59 Å². The van der Waals surface area contributed by atoms with Crippen LogP contribution in [0.5, 0.6) is 0 Å². The smallest absolute Gasteiger partial charge is 0.281 e. The second-order valence-electron chi connectivity index (χ2n) is 5.57. The van der Waals surface area contributed by atoms with Crippen LogP contribution in [-0.2, 0) is 11.3 Å². The second kappa shape index (κ2) is 7.00. The van der Waals surface area contributed by atoms with Gasteiger partial charge in [-0.3, -0.25) is 14.6 Å². The molecule has 1 N–H and O–H groups in total. The third-order valence-corrected chi connectivity index (χ3v) is 4.75. The van der Waals surface area contributed by atoms with Gasteiger partial charge in [0.1, 0.15) is 0 Å². The summed E-state index contributed by atoms with van der Waals surface area (Å²) in [6, 6.07) is 9.93. The van der Waals surface area contributed by atoms with E-state index in [1.54, 1.807) is 4.90 Å². The highest BCUT2D eigenvalue weighted by molar-refractivity contribution is 8.13. The number of para-hydroxylation sites is 1. The van der Waals surface area contributed by atoms with Crippen molar-refractivity contribution in [2.24, 2.45) is 0 Å². The Morgan fingerprint density at radius 2 is 2.22 bits per heavy atom. The Bertz CT molecular complexity index is 748. The molecular weight excluding hydrogens is 310 g/mol. The van der Waals surface area contributed by atoms with Crippen molar-refractivity contribution < 1.29 is 9.59 Å². The Morgan fingerprint density at radius 3 is 3.00 bits per heavy atom. The Kier molecular flexibility index (Phi) is 4.81. The quantitative estimate of drug-likeness (QED) is 0.916. The number of nitrogens with one attached hydrogen (secondary N) is 1. The van der Waals surface area contributed by atoms with Gasteiger partial charge >= 0.3 is 0 Å². The molecule has 120 valence electrons. The van der Waals surface area contributed by atoms with Gasteiger partial charge in [-0.25, -0.2) is 0 Å². The van der Waals surface area contributed by atoms with Gasteiger partial charge in [-0.05, 0) is 24.6 Å². The van der Waals surface area contributed by atoms with Crippen LogP contribution >= 0.6 is 11.8 Å². The van der Waals surface area contributed by atoms with E-state index in [2.05, 4.69) is 10.3 Å². The maximum atomic E-state index is 12.0. The molecule has 1 fully saturated rings. The number of aryl methyl sites for hydroxylation is 1. The molecule has 6 heteroatoms. The summed E-state index contributed by atoms with van der Waals surface area (Å²) in [5.74, 6) is 0.788. The second-order valence-corrected chi connectivity index (χ2v) is 6.61. The first-order valence-electron chi connectivity index (χ1n) is 7.67. The fourth-order valence-corrected chi connectivity index (χ4v) is 3.54. The first kappa shape index (κ1) is 15.8. The maximum absolute atomic E-state index is 12.0. The first-order valence-corrected chi connectivity index (χ1v) is 8.66. The van der Waals surface area contributed by atoms with Gasteiger partial charge in [0, 0.05) is 42.9 Å². The number of carbonyl (C=O) groups excluding carboxylic acids is 2. The van der Waals surface area contributed by atoms with Crippen molar-refractivity contribution >= 4 is 33.8 Å². The molecule has 23 heavy (non-hydrogen) atoms. The fraction of sp³-hybridized carbons (Fsp3) is 0.353. The van der Waals surface area contributed by atoms with Gasteiger partial charge < -0.3 is 10.2 Å². The van der Waals surface area contributed by atoms with E-state index >= 15 is 0 Å². The molecule has 0 radical (unpaired) electrons. The van der Waals surface area contributed by atoms with E-state index in [1.165, 1.54) is 11.8 Å². The van der Waals surface area contributed by atoms with Crippen molar-refractivity contribution in [1.29, 1.82) is 0 Å². The van der Waals surface area contributed by atoms with Crippen LogP contribution in [0, 0.1) is 6.92 Å². The van der Waals surface area contributed by atoms with Crippen molar-refractivity contribution in [3.63, 3.8) is 0 Å². The molecule has 1 aromatic carbocycles. The summed E-state index contributed by atoms with van der Waals surface area (Å²) in [5.41, 5.74) is 2.94. The van der Waals surface area contributed by atoms with Crippen LogP contribution in [0.1, 0.15) is 17.7 Å². The predicted octanol–water partition coefficient (Wildman–Crippen LogP) is 2.72. The number of nitrogens with zero attached hydrogens (tertiary/aromatic N) is 2. The van der Waals surface area contributed by atoms with Gasteiger partial charge in [0.25, 0.3) is 5.24 Å². The molecule has 2 heterocycles. The van der Waals surface area contributed by atoms with Crippen molar-refractivity contribution in [1.82, 2.24) is 15.2 Å². The number of thioether (sulfide) groups is 1. The number of rotatable bonds is 5. The van der Waals surface area contributed by atoms with Crippen LogP contribution in [0.25, 0.3) is 10.9 Å². The number of hydrogen-bond acceptors (Lipinski definition) is 4. The normalized spacial score (nSPS) is 14.5. The number of carbonyl (C=O) groups is 2. The SMILES string of the molecule is Cc1cc(CNC(=O)CCN2CCSC2=O)c2ccccc2n1. The maximum Gasteiger partial charge on any atom is 0.281 e. The molecule has 1 aromatic heterocycles. The number of aromatic nitrogens is 1. The molecule has 2 amide bonds. The van der Waals surface area contributed by atoms with Gasteiger partial charge in [0.15, 0.2) is 0 Å². The fourth-order valence-electron chi connectivity index (χ4n) is 2.69. The van der Waals surface area contributed by atoms with E-state index in [0.29, 0.717) is 19.5 Å². The van der Waals surface area contributed by atoms with Gasteiger partial charge in [-0.15, -0.1) is 0 Å². The Labute approximate surface area is 139 Å². The summed E-state index contributed by atoms with van der Waals surface area (Å²) in [6.45, 7) is 3.67. The topological polar surface area (TPSA) is 62.3 Å². The number of pyridine rings is 1. The number of fused-ring (bicyclic) bond motifs is 1. The molecular formula is C17H19N3O2S. The highest BCUT2D eigenvalue weighted by Gasteiger charge is 2.21. The van der Waals surface area contributed by atoms with E-state index in [0.717, 1.165) is 34.5 Å². The average Bonchev–Trinajstić information content (AvgIpc) is 2.95. The van der Waals surface area contributed by atoms with Gasteiger partial charge in [-0.2, -0.15) is 0 Å². The van der Waals surface area contributed by atoms with Gasteiger partial charge in [0.05, 0.1) is 5.52 Å². The van der Waals surface area contributed by atoms with E-state index < -0.39 is 0 Å². The molecule has 2 aromatic rings. The van der Waals surface area contributed by atoms with E-state index in [1.807, 2.05) is 37.3 Å². The van der Waals surface area contributed by atoms with E-state index in [4.69, 9.17) is 0 Å². The third-order valence-electron chi connectivity index (χ3n) is 3.86. The molecule has 1 saturated heterocycles. The molecule has 3 rings (SSSR count). The molecule has 5 nitrogen and oxygen atoms in total. The molecule has 0 bridgehead atoms. The van der Waals surface area contributed by atoms with Crippen LogP contribution in [0.3, 0.4) is 0 Å². The molecule has 0 atom stereocenters. The number of hydrogen-bond donors (Lipinski definition) is 1.